The van der Waals surface area contributed by atoms with Crippen molar-refractivity contribution in [2.75, 3.05) is 26.2 Å². The van der Waals surface area contributed by atoms with Crippen LogP contribution in [0.2, 0.25) is 0 Å². The van der Waals surface area contributed by atoms with Crippen molar-refractivity contribution in [3.05, 3.63) is 35.9 Å². The van der Waals surface area contributed by atoms with Crippen LogP contribution in [-0.4, -0.2) is 65.2 Å². The zero-order valence-corrected chi connectivity index (χ0v) is 17.7. The molecule has 1 aliphatic carbocycles. The lowest BCUT2D eigenvalue weighted by atomic mass is 9.94. The minimum Gasteiger partial charge on any atom is -0.446 e. The Morgan fingerprint density at radius 2 is 1.61 bits per heavy atom. The first kappa shape index (κ1) is 21.6. The fourth-order valence-corrected chi connectivity index (χ4v) is 5.14. The van der Waals surface area contributed by atoms with Gasteiger partial charge in [-0.15, -0.1) is 0 Å². The summed E-state index contributed by atoms with van der Waals surface area (Å²) < 4.78 is 5.63. The molecule has 31 heavy (non-hydrogen) atoms. The molecule has 0 bridgehead atoms. The Bertz CT molecular complexity index is 796. The van der Waals surface area contributed by atoms with Crippen LogP contribution in [0, 0.1) is 11.8 Å². The van der Waals surface area contributed by atoms with Crippen molar-refractivity contribution in [3.8, 4) is 0 Å². The second-order valence-electron chi connectivity index (χ2n) is 8.92. The standard InChI is InChI=1S/C23H31N3O5/c27-21(24-30)19-14-26(23(29)31-18-9-5-2-6-10-18)15-20(19)22(28)25-12-11-17(13-25)16-7-3-1-4-8-16/h1,3-4,7-8,17-20,30H,2,5-6,9-15H2,(H,24,27)/t17-,19?,20?/m0/s1. The first-order chi connectivity index (χ1) is 15.1. The summed E-state index contributed by atoms with van der Waals surface area (Å²) in [6, 6.07) is 10.1. The zero-order valence-electron chi connectivity index (χ0n) is 17.7. The fourth-order valence-electron chi connectivity index (χ4n) is 5.14. The van der Waals surface area contributed by atoms with Crippen LogP contribution in [0.3, 0.4) is 0 Å². The van der Waals surface area contributed by atoms with Gasteiger partial charge in [-0.2, -0.15) is 0 Å². The molecule has 3 amide bonds. The van der Waals surface area contributed by atoms with Crippen molar-refractivity contribution < 1.29 is 24.3 Å². The van der Waals surface area contributed by atoms with Crippen molar-refractivity contribution in [1.82, 2.24) is 15.3 Å². The van der Waals surface area contributed by atoms with Crippen LogP contribution in [0.4, 0.5) is 4.79 Å². The second kappa shape index (κ2) is 9.68. The van der Waals surface area contributed by atoms with Gasteiger partial charge in [0.1, 0.15) is 6.10 Å². The number of hydrogen-bond acceptors (Lipinski definition) is 5. The molecule has 2 heterocycles. The molecule has 8 nitrogen and oxygen atoms in total. The van der Waals surface area contributed by atoms with E-state index in [0.717, 1.165) is 38.5 Å². The second-order valence-corrected chi connectivity index (χ2v) is 8.92. The van der Waals surface area contributed by atoms with E-state index in [4.69, 9.17) is 4.74 Å². The number of carbonyl (C=O) groups is 3. The third-order valence-electron chi connectivity index (χ3n) is 6.93. The molecule has 8 heteroatoms. The molecule has 2 aliphatic heterocycles. The smallest absolute Gasteiger partial charge is 0.410 e. The van der Waals surface area contributed by atoms with Gasteiger partial charge >= 0.3 is 6.09 Å². The van der Waals surface area contributed by atoms with Gasteiger partial charge in [0.15, 0.2) is 0 Å². The SMILES string of the molecule is O=C(NO)C1CN(C(=O)OC2CCCCC2)CC1C(=O)N1CC[C@H](c2ccccc2)C1. The molecule has 1 aromatic rings. The number of nitrogens with zero attached hydrogens (tertiary/aromatic N) is 2. The lowest BCUT2D eigenvalue weighted by molar-refractivity contribution is -0.142. The summed E-state index contributed by atoms with van der Waals surface area (Å²) in [5.74, 6) is -1.97. The van der Waals surface area contributed by atoms with Crippen LogP contribution < -0.4 is 5.48 Å². The van der Waals surface area contributed by atoms with Gasteiger partial charge < -0.3 is 14.5 Å². The van der Waals surface area contributed by atoms with E-state index < -0.39 is 23.8 Å². The summed E-state index contributed by atoms with van der Waals surface area (Å²) in [5.41, 5.74) is 2.87. The highest BCUT2D eigenvalue weighted by atomic mass is 16.6. The number of benzene rings is 1. The normalized spacial score (nSPS) is 26.7. The maximum absolute atomic E-state index is 13.3. The Kier molecular flexibility index (Phi) is 6.75. The molecule has 1 saturated carbocycles. The highest BCUT2D eigenvalue weighted by Gasteiger charge is 2.46. The van der Waals surface area contributed by atoms with Crippen molar-refractivity contribution in [1.29, 1.82) is 0 Å². The Labute approximate surface area is 182 Å². The molecule has 0 aromatic heterocycles. The van der Waals surface area contributed by atoms with Crippen LogP contribution in [0.1, 0.15) is 50.0 Å². The Balaban J connectivity index is 1.41. The van der Waals surface area contributed by atoms with Crippen molar-refractivity contribution >= 4 is 17.9 Å². The number of amides is 3. The molecule has 168 valence electrons. The van der Waals surface area contributed by atoms with Crippen LogP contribution >= 0.6 is 0 Å². The van der Waals surface area contributed by atoms with Gasteiger partial charge in [-0.3, -0.25) is 14.8 Å². The highest BCUT2D eigenvalue weighted by molar-refractivity contribution is 5.89. The molecular weight excluding hydrogens is 398 g/mol. The average Bonchev–Trinajstić information content (AvgIpc) is 3.47. The van der Waals surface area contributed by atoms with Gasteiger partial charge in [-0.25, -0.2) is 10.3 Å². The maximum Gasteiger partial charge on any atom is 0.410 e. The predicted octanol–water partition coefficient (Wildman–Crippen LogP) is 2.53. The van der Waals surface area contributed by atoms with Crippen molar-refractivity contribution in [2.45, 2.75) is 50.5 Å². The summed E-state index contributed by atoms with van der Waals surface area (Å²) >= 11 is 0. The van der Waals surface area contributed by atoms with E-state index in [0.29, 0.717) is 13.1 Å². The summed E-state index contributed by atoms with van der Waals surface area (Å²) in [6.45, 7) is 1.42. The summed E-state index contributed by atoms with van der Waals surface area (Å²) in [4.78, 5) is 41.5. The number of ether oxygens (including phenoxy) is 1. The molecule has 3 fully saturated rings. The van der Waals surface area contributed by atoms with E-state index in [-0.39, 0.29) is 31.0 Å². The first-order valence-corrected chi connectivity index (χ1v) is 11.3. The highest BCUT2D eigenvalue weighted by Crippen LogP contribution is 2.32. The van der Waals surface area contributed by atoms with Gasteiger partial charge in [0, 0.05) is 32.1 Å². The van der Waals surface area contributed by atoms with Gasteiger partial charge in [-0.1, -0.05) is 36.8 Å². The Morgan fingerprint density at radius 1 is 0.903 bits per heavy atom. The van der Waals surface area contributed by atoms with Gasteiger partial charge in [-0.05, 0) is 37.7 Å². The molecule has 0 spiro atoms. The number of likely N-dealkylation sites (tertiary alicyclic amines) is 2. The lowest BCUT2D eigenvalue weighted by Crippen LogP contribution is -2.42. The Hall–Kier alpha value is -2.61. The van der Waals surface area contributed by atoms with E-state index in [1.807, 2.05) is 18.2 Å². The van der Waals surface area contributed by atoms with E-state index in [1.165, 1.54) is 10.5 Å². The number of hydrogen-bond donors (Lipinski definition) is 2. The van der Waals surface area contributed by atoms with Crippen molar-refractivity contribution in [3.63, 3.8) is 0 Å². The van der Waals surface area contributed by atoms with E-state index >= 15 is 0 Å². The molecule has 2 unspecified atom stereocenters. The third kappa shape index (κ3) is 4.84. The monoisotopic (exact) mass is 429 g/mol. The minimum atomic E-state index is -0.785. The topological polar surface area (TPSA) is 99.2 Å². The number of carbonyl (C=O) groups excluding carboxylic acids is 3. The van der Waals surface area contributed by atoms with E-state index in [1.54, 1.807) is 10.4 Å². The molecule has 2 N–H and O–H groups in total. The fraction of sp³-hybridized carbons (Fsp3) is 0.609. The molecule has 1 aromatic carbocycles. The largest absolute Gasteiger partial charge is 0.446 e. The maximum atomic E-state index is 13.3. The molecule has 0 radical (unpaired) electrons. The van der Waals surface area contributed by atoms with Gasteiger partial charge in [0.25, 0.3) is 0 Å². The molecular formula is C23H31N3O5. The molecule has 3 atom stereocenters. The lowest BCUT2D eigenvalue weighted by Gasteiger charge is -2.25. The summed E-state index contributed by atoms with van der Waals surface area (Å²) in [6.07, 6.45) is 5.28. The zero-order chi connectivity index (χ0) is 21.8. The molecule has 2 saturated heterocycles. The van der Waals surface area contributed by atoms with Crippen LogP contribution in [0.5, 0.6) is 0 Å². The van der Waals surface area contributed by atoms with Crippen molar-refractivity contribution in [2.24, 2.45) is 11.8 Å². The van der Waals surface area contributed by atoms with Crippen LogP contribution in [0.25, 0.3) is 0 Å². The number of nitrogens with one attached hydrogen (secondary N) is 1. The van der Waals surface area contributed by atoms with Gasteiger partial charge in [0.2, 0.25) is 11.8 Å². The quantitative estimate of drug-likeness (QED) is 0.566. The number of hydroxylamine groups is 1. The predicted molar refractivity (Wildman–Crippen MR) is 112 cm³/mol. The van der Waals surface area contributed by atoms with Gasteiger partial charge in [0.05, 0.1) is 11.8 Å². The van der Waals surface area contributed by atoms with Crippen LogP contribution in [0.15, 0.2) is 30.3 Å². The minimum absolute atomic E-state index is 0.0737. The Morgan fingerprint density at radius 3 is 2.32 bits per heavy atom. The molecule has 3 aliphatic rings. The third-order valence-corrected chi connectivity index (χ3v) is 6.93. The summed E-state index contributed by atoms with van der Waals surface area (Å²) in [5, 5.41) is 9.18. The van der Waals surface area contributed by atoms with Crippen LogP contribution in [-0.2, 0) is 14.3 Å². The number of rotatable bonds is 4. The van der Waals surface area contributed by atoms with E-state index in [2.05, 4.69) is 12.1 Å². The molecule has 4 rings (SSSR count). The first-order valence-electron chi connectivity index (χ1n) is 11.3. The van der Waals surface area contributed by atoms with E-state index in [9.17, 15) is 19.6 Å². The summed E-state index contributed by atoms with van der Waals surface area (Å²) in [7, 11) is 0. The average molecular weight is 430 g/mol.